The number of nitrogens with one attached hydrogen (secondary N) is 3. The largest absolute Gasteiger partial charge is 0.340 e. The zero-order valence-corrected chi connectivity index (χ0v) is 16.7. The van der Waals surface area contributed by atoms with Crippen LogP contribution < -0.4 is 16.0 Å². The van der Waals surface area contributed by atoms with E-state index in [1.807, 2.05) is 48.5 Å². The fraction of sp³-hybridized carbons (Fsp3) is 0.130. The van der Waals surface area contributed by atoms with Crippen LogP contribution in [0.4, 0.5) is 11.4 Å². The zero-order valence-electron chi connectivity index (χ0n) is 16.7. The molecule has 0 saturated carbocycles. The molecule has 0 fully saturated rings. The van der Waals surface area contributed by atoms with Crippen LogP contribution >= 0.6 is 0 Å². The summed E-state index contributed by atoms with van der Waals surface area (Å²) < 4.78 is 0. The van der Waals surface area contributed by atoms with Crippen molar-refractivity contribution in [3.8, 4) is 0 Å². The van der Waals surface area contributed by atoms with Crippen LogP contribution in [0.2, 0.25) is 0 Å². The molecule has 152 valence electrons. The zero-order chi connectivity index (χ0) is 21.5. The van der Waals surface area contributed by atoms with Crippen molar-refractivity contribution in [1.82, 2.24) is 10.3 Å². The highest BCUT2D eigenvalue weighted by molar-refractivity contribution is 6.00. The maximum absolute atomic E-state index is 13.1. The Kier molecular flexibility index (Phi) is 6.54. The van der Waals surface area contributed by atoms with Crippen LogP contribution in [0.1, 0.15) is 41.5 Å². The number of aromatic nitrogens is 1. The van der Waals surface area contributed by atoms with E-state index in [9.17, 15) is 14.4 Å². The Balaban J connectivity index is 1.95. The predicted molar refractivity (Wildman–Crippen MR) is 115 cm³/mol. The van der Waals surface area contributed by atoms with Crippen molar-refractivity contribution in [2.75, 3.05) is 10.6 Å². The number of nitrogens with zero attached hydrogens (tertiary/aromatic N) is 1. The Morgan fingerprint density at radius 1 is 0.800 bits per heavy atom. The average molecular weight is 402 g/mol. The molecule has 3 amide bonds. The molecule has 7 heteroatoms. The molecule has 0 aliphatic heterocycles. The van der Waals surface area contributed by atoms with Crippen molar-refractivity contribution in [2.45, 2.75) is 19.9 Å². The molecule has 3 rings (SSSR count). The second kappa shape index (κ2) is 9.47. The molecule has 0 saturated heterocycles. The summed E-state index contributed by atoms with van der Waals surface area (Å²) in [6, 6.07) is 19.3. The van der Waals surface area contributed by atoms with Crippen molar-refractivity contribution >= 4 is 29.1 Å². The third-order valence-corrected chi connectivity index (χ3v) is 4.23. The van der Waals surface area contributed by atoms with E-state index in [4.69, 9.17) is 0 Å². The van der Waals surface area contributed by atoms with Crippen LogP contribution in [0.25, 0.3) is 0 Å². The second-order valence-electron chi connectivity index (χ2n) is 6.73. The molecule has 0 aliphatic rings. The molecule has 0 radical (unpaired) electrons. The van der Waals surface area contributed by atoms with Gasteiger partial charge in [-0.2, -0.15) is 0 Å². The number of anilines is 2. The van der Waals surface area contributed by atoms with Crippen molar-refractivity contribution < 1.29 is 14.4 Å². The van der Waals surface area contributed by atoms with E-state index >= 15 is 0 Å². The van der Waals surface area contributed by atoms with Gasteiger partial charge in [-0.1, -0.05) is 36.4 Å². The molecule has 1 aromatic heterocycles. The quantitative estimate of drug-likeness (QED) is 0.587. The predicted octanol–water partition coefficient (Wildman–Crippen LogP) is 3.52. The molecule has 3 N–H and O–H groups in total. The first kappa shape index (κ1) is 20.7. The summed E-state index contributed by atoms with van der Waals surface area (Å²) in [6.45, 7) is 2.74. The van der Waals surface area contributed by atoms with Crippen LogP contribution in [0.5, 0.6) is 0 Å². The molecule has 0 bridgehead atoms. The van der Waals surface area contributed by atoms with Crippen LogP contribution in [0.3, 0.4) is 0 Å². The first-order valence-corrected chi connectivity index (χ1v) is 9.39. The van der Waals surface area contributed by atoms with Gasteiger partial charge in [0.25, 0.3) is 5.91 Å². The lowest BCUT2D eigenvalue weighted by Crippen LogP contribution is -2.30. The molecule has 1 unspecified atom stereocenters. The van der Waals surface area contributed by atoms with Crippen LogP contribution in [0.15, 0.2) is 72.9 Å². The number of carbonyl (C=O) groups excluding carboxylic acids is 3. The van der Waals surface area contributed by atoms with Gasteiger partial charge in [0.05, 0.1) is 11.7 Å². The molecule has 2 aromatic carbocycles. The van der Waals surface area contributed by atoms with Crippen LogP contribution in [-0.2, 0) is 9.59 Å². The van der Waals surface area contributed by atoms with Gasteiger partial charge in [0, 0.05) is 37.0 Å². The fourth-order valence-electron chi connectivity index (χ4n) is 3.04. The minimum Gasteiger partial charge on any atom is -0.340 e. The summed E-state index contributed by atoms with van der Waals surface area (Å²) in [7, 11) is 0. The van der Waals surface area contributed by atoms with Crippen molar-refractivity contribution in [3.05, 3.63) is 89.7 Å². The number of hydrogen-bond donors (Lipinski definition) is 3. The van der Waals surface area contributed by atoms with Crippen molar-refractivity contribution in [2.24, 2.45) is 0 Å². The Morgan fingerprint density at radius 3 is 1.93 bits per heavy atom. The first-order chi connectivity index (χ1) is 14.4. The lowest BCUT2D eigenvalue weighted by atomic mass is 10.0. The van der Waals surface area contributed by atoms with Gasteiger partial charge < -0.3 is 16.0 Å². The van der Waals surface area contributed by atoms with E-state index in [1.54, 1.807) is 24.4 Å². The third-order valence-electron chi connectivity index (χ3n) is 4.23. The van der Waals surface area contributed by atoms with Gasteiger partial charge in [-0.05, 0) is 35.9 Å². The maximum atomic E-state index is 13.1. The number of benzene rings is 2. The number of amides is 3. The van der Waals surface area contributed by atoms with Crippen LogP contribution in [-0.4, -0.2) is 22.7 Å². The number of hydrogen-bond acceptors (Lipinski definition) is 4. The summed E-state index contributed by atoms with van der Waals surface area (Å²) in [5.41, 5.74) is 2.68. The van der Waals surface area contributed by atoms with Crippen molar-refractivity contribution in [1.29, 1.82) is 0 Å². The fourth-order valence-corrected chi connectivity index (χ4v) is 3.04. The molecule has 0 aliphatic carbocycles. The minimum absolute atomic E-state index is 0.281. The van der Waals surface area contributed by atoms with E-state index in [2.05, 4.69) is 20.9 Å². The third kappa shape index (κ3) is 5.51. The van der Waals surface area contributed by atoms with Gasteiger partial charge in [-0.15, -0.1) is 0 Å². The van der Waals surface area contributed by atoms with Gasteiger partial charge in [0.1, 0.15) is 0 Å². The summed E-state index contributed by atoms with van der Waals surface area (Å²) >= 11 is 0. The van der Waals surface area contributed by atoms with E-state index in [-0.39, 0.29) is 17.7 Å². The summed E-state index contributed by atoms with van der Waals surface area (Å²) in [5.74, 6) is -0.928. The van der Waals surface area contributed by atoms with E-state index in [0.717, 1.165) is 5.56 Å². The van der Waals surface area contributed by atoms with E-state index in [0.29, 0.717) is 22.6 Å². The van der Waals surface area contributed by atoms with Gasteiger partial charge in [-0.3, -0.25) is 19.4 Å². The molecule has 1 heterocycles. The van der Waals surface area contributed by atoms with Gasteiger partial charge in [-0.25, -0.2) is 0 Å². The molecule has 30 heavy (non-hydrogen) atoms. The van der Waals surface area contributed by atoms with Crippen molar-refractivity contribution in [3.63, 3.8) is 0 Å². The Labute approximate surface area is 174 Å². The lowest BCUT2D eigenvalue weighted by Gasteiger charge is -2.19. The highest BCUT2D eigenvalue weighted by Gasteiger charge is 2.19. The smallest absolute Gasteiger partial charge is 0.252 e. The topological polar surface area (TPSA) is 100 Å². The molecule has 1 atom stereocenters. The number of pyridine rings is 1. The van der Waals surface area contributed by atoms with Crippen LogP contribution in [0, 0.1) is 0 Å². The Bertz CT molecular complexity index is 979. The van der Waals surface area contributed by atoms with E-state index in [1.165, 1.54) is 13.8 Å². The molecule has 7 nitrogen and oxygen atoms in total. The summed E-state index contributed by atoms with van der Waals surface area (Å²) in [4.78, 5) is 40.4. The summed E-state index contributed by atoms with van der Waals surface area (Å²) in [5, 5.41) is 8.30. The molecule has 0 spiro atoms. The molecule has 3 aromatic rings. The first-order valence-electron chi connectivity index (χ1n) is 9.39. The standard InChI is InChI=1S/C23H22N4O3/c1-15(28)25-19-12-18(13-20(14-19)26-16(2)29)23(30)27-22(17-8-4-3-5-9-17)21-10-6-7-11-24-21/h3-14,22H,1-2H3,(H,25,28)(H,26,29)(H,27,30). The monoisotopic (exact) mass is 402 g/mol. The Morgan fingerprint density at radius 2 is 1.40 bits per heavy atom. The van der Waals surface area contributed by atoms with E-state index < -0.39 is 6.04 Å². The lowest BCUT2D eigenvalue weighted by molar-refractivity contribution is -0.115. The maximum Gasteiger partial charge on any atom is 0.252 e. The number of carbonyl (C=O) groups is 3. The number of rotatable bonds is 6. The molecular formula is C23H22N4O3. The second-order valence-corrected chi connectivity index (χ2v) is 6.73. The van der Waals surface area contributed by atoms with Gasteiger partial charge >= 0.3 is 0 Å². The Hall–Kier alpha value is -4.00. The molecular weight excluding hydrogens is 380 g/mol. The van der Waals surface area contributed by atoms with Gasteiger partial charge in [0.2, 0.25) is 11.8 Å². The minimum atomic E-state index is -0.464. The van der Waals surface area contributed by atoms with Gasteiger partial charge in [0.15, 0.2) is 0 Å². The normalized spacial score (nSPS) is 11.3. The summed E-state index contributed by atoms with van der Waals surface area (Å²) in [6.07, 6.45) is 1.67. The highest BCUT2D eigenvalue weighted by atomic mass is 16.2. The highest BCUT2D eigenvalue weighted by Crippen LogP contribution is 2.23. The SMILES string of the molecule is CC(=O)Nc1cc(NC(C)=O)cc(C(=O)NC(c2ccccc2)c2ccccn2)c1. The average Bonchev–Trinajstić information content (AvgIpc) is 2.72.